The van der Waals surface area contributed by atoms with Gasteiger partial charge in [-0.05, 0) is 36.4 Å². The highest BCUT2D eigenvalue weighted by Gasteiger charge is 2.20. The zero-order chi connectivity index (χ0) is 16.4. The summed E-state index contributed by atoms with van der Waals surface area (Å²) < 4.78 is 10.6. The summed E-state index contributed by atoms with van der Waals surface area (Å²) in [4.78, 5) is 8.97. The van der Waals surface area contributed by atoms with E-state index in [0.29, 0.717) is 29.8 Å². The third-order valence-corrected chi connectivity index (χ3v) is 4.16. The highest BCUT2D eigenvalue weighted by Crippen LogP contribution is 2.21. The number of furan rings is 1. The van der Waals surface area contributed by atoms with Gasteiger partial charge in [0.15, 0.2) is 5.76 Å². The Hall–Kier alpha value is -2.80. The second kappa shape index (κ2) is 6.37. The third kappa shape index (κ3) is 3.11. The average Bonchev–Trinajstić information content (AvgIpc) is 3.28. The third-order valence-electron chi connectivity index (χ3n) is 4.16. The second-order valence-electron chi connectivity index (χ2n) is 5.77. The number of hydrogen-bond donors (Lipinski definition) is 1. The lowest BCUT2D eigenvalue weighted by atomic mass is 10.2. The lowest BCUT2D eigenvalue weighted by Crippen LogP contribution is -2.46. The molecule has 1 N–H and O–H groups in total. The molecular weight excluding hydrogens is 308 g/mol. The van der Waals surface area contributed by atoms with Crippen LogP contribution in [0.25, 0.3) is 11.6 Å². The number of benzene rings is 1. The fraction of sp³-hybridized carbons (Fsp3) is 0.294. The summed E-state index contributed by atoms with van der Waals surface area (Å²) in [5.41, 5.74) is 1.13. The molecule has 124 valence electrons. The topological polar surface area (TPSA) is 78.8 Å². The predicted octanol–water partition coefficient (Wildman–Crippen LogP) is 2.36. The summed E-state index contributed by atoms with van der Waals surface area (Å²) in [7, 11) is 0. The van der Waals surface area contributed by atoms with Crippen LogP contribution in [0.3, 0.4) is 0 Å². The van der Waals surface area contributed by atoms with Gasteiger partial charge in [-0.2, -0.15) is 4.98 Å². The van der Waals surface area contributed by atoms with Crippen molar-refractivity contribution in [2.75, 3.05) is 31.1 Å². The van der Waals surface area contributed by atoms with Gasteiger partial charge in [0.25, 0.3) is 0 Å². The van der Waals surface area contributed by atoms with Crippen molar-refractivity contribution in [1.82, 2.24) is 15.0 Å². The zero-order valence-electron chi connectivity index (χ0n) is 13.1. The monoisotopic (exact) mass is 326 g/mol. The number of nitrogens with zero attached hydrogens (tertiary/aromatic N) is 4. The SMILES string of the molecule is Oc1ccc(N2CCN(Cc3nc(-c4ccco4)no3)CC2)cc1. The molecule has 1 fully saturated rings. The highest BCUT2D eigenvalue weighted by molar-refractivity contribution is 5.49. The molecule has 0 spiro atoms. The van der Waals surface area contributed by atoms with Crippen molar-refractivity contribution < 1.29 is 14.0 Å². The first-order valence-corrected chi connectivity index (χ1v) is 7.91. The van der Waals surface area contributed by atoms with E-state index in [1.807, 2.05) is 18.2 Å². The minimum atomic E-state index is 0.293. The number of hydrogen-bond acceptors (Lipinski definition) is 7. The fourth-order valence-corrected chi connectivity index (χ4v) is 2.84. The maximum absolute atomic E-state index is 9.37. The van der Waals surface area contributed by atoms with Crippen molar-refractivity contribution in [3.05, 3.63) is 48.6 Å². The lowest BCUT2D eigenvalue weighted by molar-refractivity contribution is 0.215. The standard InChI is InChI=1S/C17H18N4O3/c22-14-5-3-13(4-6-14)21-9-7-20(8-10-21)12-16-18-17(19-24-16)15-2-1-11-23-15/h1-6,11,22H,7-10,12H2. The van der Waals surface area contributed by atoms with Gasteiger partial charge in [0, 0.05) is 31.9 Å². The second-order valence-corrected chi connectivity index (χ2v) is 5.77. The van der Waals surface area contributed by atoms with Gasteiger partial charge in [-0.1, -0.05) is 5.16 Å². The molecule has 3 aromatic rings. The largest absolute Gasteiger partial charge is 0.508 e. The van der Waals surface area contributed by atoms with E-state index in [4.69, 9.17) is 8.94 Å². The van der Waals surface area contributed by atoms with Crippen LogP contribution >= 0.6 is 0 Å². The van der Waals surface area contributed by atoms with Gasteiger partial charge in [0.2, 0.25) is 11.7 Å². The summed E-state index contributed by atoms with van der Waals surface area (Å²) in [6.45, 7) is 4.31. The average molecular weight is 326 g/mol. The molecule has 0 amide bonds. The van der Waals surface area contributed by atoms with Gasteiger partial charge in [-0.25, -0.2) is 0 Å². The Morgan fingerprint density at radius 1 is 1.04 bits per heavy atom. The van der Waals surface area contributed by atoms with Crippen LogP contribution in [0.4, 0.5) is 5.69 Å². The Morgan fingerprint density at radius 2 is 1.83 bits per heavy atom. The summed E-state index contributed by atoms with van der Waals surface area (Å²) in [5, 5.41) is 13.3. The lowest BCUT2D eigenvalue weighted by Gasteiger charge is -2.35. The maximum Gasteiger partial charge on any atom is 0.241 e. The fourth-order valence-electron chi connectivity index (χ4n) is 2.84. The van der Waals surface area contributed by atoms with Crippen LogP contribution in [-0.2, 0) is 6.54 Å². The van der Waals surface area contributed by atoms with Gasteiger partial charge in [-0.15, -0.1) is 0 Å². The molecule has 0 aliphatic carbocycles. The van der Waals surface area contributed by atoms with Gasteiger partial charge >= 0.3 is 0 Å². The van der Waals surface area contributed by atoms with Crippen LogP contribution in [0.5, 0.6) is 5.75 Å². The summed E-state index contributed by atoms with van der Waals surface area (Å²) in [5.74, 6) is 1.99. The van der Waals surface area contributed by atoms with Crippen LogP contribution in [-0.4, -0.2) is 46.3 Å². The Labute approximate surface area is 139 Å². The van der Waals surface area contributed by atoms with E-state index < -0.39 is 0 Å². The first kappa shape index (κ1) is 14.8. The van der Waals surface area contributed by atoms with Crippen LogP contribution < -0.4 is 4.90 Å². The smallest absolute Gasteiger partial charge is 0.241 e. The molecule has 3 heterocycles. The summed E-state index contributed by atoms with van der Waals surface area (Å²) in [6.07, 6.45) is 1.59. The molecule has 2 aromatic heterocycles. The van der Waals surface area contributed by atoms with Crippen molar-refractivity contribution in [3.63, 3.8) is 0 Å². The van der Waals surface area contributed by atoms with E-state index in [-0.39, 0.29) is 0 Å². The Morgan fingerprint density at radius 3 is 2.54 bits per heavy atom. The van der Waals surface area contributed by atoms with E-state index in [1.54, 1.807) is 24.5 Å². The van der Waals surface area contributed by atoms with Gasteiger partial charge in [-0.3, -0.25) is 4.90 Å². The van der Waals surface area contributed by atoms with Crippen molar-refractivity contribution >= 4 is 5.69 Å². The molecule has 0 unspecified atom stereocenters. The van der Waals surface area contributed by atoms with Crippen LogP contribution in [0.2, 0.25) is 0 Å². The molecule has 4 rings (SSSR count). The molecule has 1 saturated heterocycles. The Balaban J connectivity index is 1.34. The molecule has 1 aliphatic heterocycles. The number of phenols is 1. The normalized spacial score (nSPS) is 15.8. The molecule has 0 bridgehead atoms. The first-order chi connectivity index (χ1) is 11.8. The van der Waals surface area contributed by atoms with Crippen molar-refractivity contribution in [2.45, 2.75) is 6.54 Å². The number of phenolic OH excluding ortho intramolecular Hbond substituents is 1. The van der Waals surface area contributed by atoms with Crippen LogP contribution in [0, 0.1) is 0 Å². The first-order valence-electron chi connectivity index (χ1n) is 7.91. The minimum absolute atomic E-state index is 0.293. The predicted molar refractivity (Wildman–Crippen MR) is 87.6 cm³/mol. The van der Waals surface area contributed by atoms with Gasteiger partial charge in [0.1, 0.15) is 5.75 Å². The molecule has 0 saturated carbocycles. The number of aromatic nitrogens is 2. The van der Waals surface area contributed by atoms with Gasteiger partial charge < -0.3 is 18.9 Å². The number of aromatic hydroxyl groups is 1. The molecule has 7 nitrogen and oxygen atoms in total. The van der Waals surface area contributed by atoms with E-state index in [2.05, 4.69) is 19.9 Å². The van der Waals surface area contributed by atoms with Gasteiger partial charge in [0.05, 0.1) is 12.8 Å². The maximum atomic E-state index is 9.37. The molecule has 1 aliphatic rings. The minimum Gasteiger partial charge on any atom is -0.508 e. The van der Waals surface area contributed by atoms with Crippen LogP contribution in [0.15, 0.2) is 51.6 Å². The van der Waals surface area contributed by atoms with E-state index in [0.717, 1.165) is 31.9 Å². The molecule has 24 heavy (non-hydrogen) atoms. The molecule has 1 aromatic carbocycles. The summed E-state index contributed by atoms with van der Waals surface area (Å²) >= 11 is 0. The van der Waals surface area contributed by atoms with E-state index in [1.165, 1.54) is 0 Å². The van der Waals surface area contributed by atoms with Crippen molar-refractivity contribution in [3.8, 4) is 17.3 Å². The quantitative estimate of drug-likeness (QED) is 0.788. The Kier molecular flexibility index (Phi) is 3.92. The van der Waals surface area contributed by atoms with Crippen LogP contribution in [0.1, 0.15) is 5.89 Å². The van der Waals surface area contributed by atoms with E-state index in [9.17, 15) is 5.11 Å². The zero-order valence-corrected chi connectivity index (χ0v) is 13.1. The molecule has 7 heteroatoms. The van der Waals surface area contributed by atoms with Crippen molar-refractivity contribution in [2.24, 2.45) is 0 Å². The van der Waals surface area contributed by atoms with E-state index >= 15 is 0 Å². The van der Waals surface area contributed by atoms with Crippen molar-refractivity contribution in [1.29, 1.82) is 0 Å². The Bertz CT molecular complexity index is 775. The molecule has 0 atom stereocenters. The highest BCUT2D eigenvalue weighted by atomic mass is 16.5. The molecule has 0 radical (unpaired) electrons. The summed E-state index contributed by atoms with van der Waals surface area (Å²) in [6, 6.07) is 10.9. The number of anilines is 1. The molecular formula is C17H18N4O3. The number of rotatable bonds is 4. The number of piperazine rings is 1.